The average molecular weight is 581 g/mol. The number of thiophene rings is 2. The highest BCUT2D eigenvalue weighted by atomic mass is 32.1. The number of hydrogen-bond acceptors (Lipinski definition) is 2. The van der Waals surface area contributed by atoms with Crippen LogP contribution in [-0.4, -0.2) is 0 Å². The molecule has 0 amide bonds. The van der Waals surface area contributed by atoms with Crippen molar-refractivity contribution in [3.05, 3.63) is 145 Å². The van der Waals surface area contributed by atoms with Gasteiger partial charge in [-0.3, -0.25) is 0 Å². The Morgan fingerprint density at radius 1 is 0.372 bits per heavy atom. The number of fused-ring (bicyclic) bond motifs is 10. The van der Waals surface area contributed by atoms with E-state index in [-0.39, 0.29) is 0 Å². The Labute approximate surface area is 257 Å². The first-order valence-electron chi connectivity index (χ1n) is 14.8. The van der Waals surface area contributed by atoms with Gasteiger partial charge in [-0.25, -0.2) is 0 Å². The maximum Gasteiger partial charge on any atom is 0.0542 e. The lowest BCUT2D eigenvalue weighted by Gasteiger charge is -2.09. The lowest BCUT2D eigenvalue weighted by molar-refractivity contribution is 1.26. The summed E-state index contributed by atoms with van der Waals surface area (Å²) in [5, 5.41) is 8.00. The van der Waals surface area contributed by atoms with Crippen molar-refractivity contribution in [2.75, 3.05) is 0 Å². The van der Waals surface area contributed by atoms with E-state index in [1.165, 1.54) is 95.6 Å². The second-order valence-electron chi connectivity index (χ2n) is 11.8. The second-order valence-corrected chi connectivity index (χ2v) is 13.9. The first-order valence-corrected chi connectivity index (χ1v) is 16.4. The summed E-state index contributed by atoms with van der Waals surface area (Å²) in [5.41, 5.74) is 10.7. The van der Waals surface area contributed by atoms with E-state index in [0.717, 1.165) is 6.42 Å². The Bertz CT molecular complexity index is 2580. The first-order chi connectivity index (χ1) is 21.2. The maximum absolute atomic E-state index is 2.40. The Hall–Kier alpha value is -4.76. The van der Waals surface area contributed by atoms with Crippen molar-refractivity contribution in [2.24, 2.45) is 0 Å². The van der Waals surface area contributed by atoms with E-state index in [0.29, 0.717) is 0 Å². The normalized spacial score (nSPS) is 12.6. The quantitative estimate of drug-likeness (QED) is 0.191. The molecule has 0 fully saturated rings. The molecule has 2 heterocycles. The van der Waals surface area contributed by atoms with Crippen LogP contribution >= 0.6 is 22.7 Å². The van der Waals surface area contributed by atoms with Gasteiger partial charge >= 0.3 is 0 Å². The van der Waals surface area contributed by atoms with E-state index >= 15 is 0 Å². The third-order valence-electron chi connectivity index (χ3n) is 9.25. The van der Waals surface area contributed by atoms with Crippen LogP contribution in [0, 0.1) is 0 Å². The van der Waals surface area contributed by atoms with Crippen LogP contribution in [0.2, 0.25) is 0 Å². The fourth-order valence-corrected chi connectivity index (χ4v) is 9.74. The summed E-state index contributed by atoms with van der Waals surface area (Å²) in [7, 11) is 0. The molecule has 0 radical (unpaired) electrons. The van der Waals surface area contributed by atoms with Gasteiger partial charge in [0.1, 0.15) is 0 Å². The monoisotopic (exact) mass is 580 g/mol. The van der Waals surface area contributed by atoms with Crippen molar-refractivity contribution < 1.29 is 0 Å². The Morgan fingerprint density at radius 3 is 1.65 bits per heavy atom. The minimum absolute atomic E-state index is 1.02. The van der Waals surface area contributed by atoms with Gasteiger partial charge in [0.2, 0.25) is 0 Å². The average Bonchev–Trinajstić information content (AvgIpc) is 3.71. The molecule has 1 aliphatic carbocycles. The molecular formula is C41H24S2. The van der Waals surface area contributed by atoms with Gasteiger partial charge < -0.3 is 0 Å². The van der Waals surface area contributed by atoms with Crippen molar-refractivity contribution >= 4 is 73.8 Å². The summed E-state index contributed by atoms with van der Waals surface area (Å²) in [6.45, 7) is 0. The van der Waals surface area contributed by atoms with Crippen LogP contribution in [-0.2, 0) is 6.42 Å². The molecule has 0 aliphatic heterocycles. The second kappa shape index (κ2) is 8.87. The van der Waals surface area contributed by atoms with Crippen molar-refractivity contribution in [1.29, 1.82) is 0 Å². The minimum Gasteiger partial charge on any atom is -0.134 e. The Balaban J connectivity index is 1.01. The molecule has 9 aromatic rings. The number of rotatable bonds is 2. The SMILES string of the molecule is c1ccc2c(c1)Cc1cc(-c3ccc(-c4ccc5cc6c(cc5c4)sc4c5cc7ccccc7cc5sc64)cc3)ccc1-2. The molecule has 0 N–H and O–H groups in total. The summed E-state index contributed by atoms with van der Waals surface area (Å²) < 4.78 is 5.59. The minimum atomic E-state index is 1.02. The van der Waals surface area contributed by atoms with Crippen LogP contribution in [0.5, 0.6) is 0 Å². The zero-order valence-electron chi connectivity index (χ0n) is 23.2. The Morgan fingerprint density at radius 2 is 0.907 bits per heavy atom. The molecule has 0 saturated carbocycles. The summed E-state index contributed by atoms with van der Waals surface area (Å²) in [4.78, 5) is 0. The molecule has 2 heteroatoms. The highest BCUT2D eigenvalue weighted by molar-refractivity contribution is 7.36. The van der Waals surface area contributed by atoms with E-state index in [1.54, 1.807) is 0 Å². The predicted molar refractivity (Wildman–Crippen MR) is 189 cm³/mol. The zero-order valence-corrected chi connectivity index (χ0v) is 24.9. The molecule has 200 valence electrons. The molecule has 0 saturated heterocycles. The van der Waals surface area contributed by atoms with Crippen molar-refractivity contribution in [3.8, 4) is 33.4 Å². The zero-order chi connectivity index (χ0) is 28.1. The topological polar surface area (TPSA) is 0 Å². The van der Waals surface area contributed by atoms with Crippen molar-refractivity contribution in [2.45, 2.75) is 6.42 Å². The van der Waals surface area contributed by atoms with Gasteiger partial charge in [0, 0.05) is 20.2 Å². The van der Waals surface area contributed by atoms with E-state index in [2.05, 4.69) is 133 Å². The van der Waals surface area contributed by atoms with Crippen LogP contribution in [0.3, 0.4) is 0 Å². The summed E-state index contributed by atoms with van der Waals surface area (Å²) in [5.74, 6) is 0. The van der Waals surface area contributed by atoms with Gasteiger partial charge in [0.15, 0.2) is 0 Å². The van der Waals surface area contributed by atoms with E-state index in [9.17, 15) is 0 Å². The van der Waals surface area contributed by atoms with Gasteiger partial charge in [-0.15, -0.1) is 22.7 Å². The molecule has 0 atom stereocenters. The van der Waals surface area contributed by atoms with Crippen LogP contribution in [0.4, 0.5) is 0 Å². The van der Waals surface area contributed by atoms with Crippen molar-refractivity contribution in [3.63, 3.8) is 0 Å². The van der Waals surface area contributed by atoms with Gasteiger partial charge in [-0.05, 0) is 103 Å². The highest BCUT2D eigenvalue weighted by Crippen LogP contribution is 2.46. The molecule has 0 bridgehead atoms. The number of benzene rings is 7. The van der Waals surface area contributed by atoms with Gasteiger partial charge in [0.05, 0.1) is 9.40 Å². The molecule has 0 spiro atoms. The van der Waals surface area contributed by atoms with E-state index < -0.39 is 0 Å². The van der Waals surface area contributed by atoms with E-state index in [4.69, 9.17) is 0 Å². The Kier molecular flexibility index (Phi) is 4.90. The number of hydrogen-bond donors (Lipinski definition) is 0. The summed E-state index contributed by atoms with van der Waals surface area (Å²) >= 11 is 3.87. The van der Waals surface area contributed by atoms with Gasteiger partial charge in [0.25, 0.3) is 0 Å². The molecule has 43 heavy (non-hydrogen) atoms. The van der Waals surface area contributed by atoms with Gasteiger partial charge in [-0.2, -0.15) is 0 Å². The molecule has 10 rings (SSSR count). The van der Waals surface area contributed by atoms with Crippen molar-refractivity contribution in [1.82, 2.24) is 0 Å². The smallest absolute Gasteiger partial charge is 0.0542 e. The fraction of sp³-hybridized carbons (Fsp3) is 0.0244. The standard InChI is InChI=1S/C41H24S2/c1-2-6-27-22-38-36(20-26(27)5-1)40-41(42-38)37-21-30-14-13-28(17-32(30)23-39(37)43-40)24-9-11-25(12-10-24)29-15-16-35-33(18-29)19-31-7-3-4-8-34(31)35/h1-18,20-23H,19H2. The molecule has 1 aliphatic rings. The largest absolute Gasteiger partial charge is 0.134 e. The lowest BCUT2D eigenvalue weighted by Crippen LogP contribution is -1.85. The molecule has 0 unspecified atom stereocenters. The van der Waals surface area contributed by atoms with Crippen LogP contribution in [0.1, 0.15) is 11.1 Å². The van der Waals surface area contributed by atoms with E-state index in [1.807, 2.05) is 22.7 Å². The third kappa shape index (κ3) is 3.61. The highest BCUT2D eigenvalue weighted by Gasteiger charge is 2.18. The van der Waals surface area contributed by atoms with Crippen LogP contribution < -0.4 is 0 Å². The van der Waals surface area contributed by atoms with Crippen LogP contribution in [0.15, 0.2) is 133 Å². The van der Waals surface area contributed by atoms with Gasteiger partial charge in [-0.1, -0.05) is 103 Å². The summed E-state index contributed by atoms with van der Waals surface area (Å²) in [6.07, 6.45) is 1.02. The first kappa shape index (κ1) is 23.8. The molecule has 2 aromatic heterocycles. The predicted octanol–water partition coefficient (Wildman–Crippen LogP) is 12.5. The molecule has 7 aromatic carbocycles. The fourth-order valence-electron chi connectivity index (χ4n) is 7.05. The third-order valence-corrected chi connectivity index (χ3v) is 11.8. The molecular weight excluding hydrogens is 557 g/mol. The lowest BCUT2D eigenvalue weighted by atomic mass is 9.96. The van der Waals surface area contributed by atoms with Crippen LogP contribution in [0.25, 0.3) is 84.5 Å². The maximum atomic E-state index is 2.40. The molecule has 0 nitrogen and oxygen atoms in total. The summed E-state index contributed by atoms with van der Waals surface area (Å²) in [6, 6.07) is 50.0.